The summed E-state index contributed by atoms with van der Waals surface area (Å²) in [7, 11) is 9.34. The molecule has 13 aromatic rings. The standard InChI is InChI=1S/2C24H30N3.C22H26N3.C17H24N3.C16H22N3/c2*1-15-12-16(2)14-18(13-15)21-25-22-24(6,7)23(4,5)19-11-9-10-17(3)20(19)27(22)26(21)8;1-15-11-10-14-17-18(15)25-20(22(4,5)21(17,2)3)23-19(24(25)6)16-12-8-7-9-13-16;1-11-9-8-10-13-14(11)20-15(18-12(2)19(20)7)17(5,6)16(13,3)4;1-11-8-7-9-12-13(11)19-14(17-10-18(19)6)16(4,5)15(12,2)3/h2*9-14H,1-8H3;7-14H,1-6H3;8-10H,1-7H3;7-10H,1-6H3/q5*+1/i1D3,6D3;6D3;4D3;5D3;2D3,3D3,4D3. The second kappa shape index (κ2) is 28.3. The maximum atomic E-state index is 8.54. The van der Waals surface area contributed by atoms with Crippen LogP contribution in [0, 0.1) is 69.2 Å². The van der Waals surface area contributed by atoms with E-state index >= 15 is 0 Å². The molecule has 15 heteroatoms. The fourth-order valence-electron chi connectivity index (χ4n) is 18.3. The molecule has 5 aliphatic rings. The molecule has 118 heavy (non-hydrogen) atoms. The number of hydrogen-bond donors (Lipinski definition) is 0. The summed E-state index contributed by atoms with van der Waals surface area (Å²) < 4.78 is 218. The predicted octanol–water partition coefficient (Wildman–Crippen LogP) is 19.4. The first-order chi connectivity index (χ1) is 64.8. The molecule has 10 heterocycles. The maximum absolute atomic E-state index is 8.54. The van der Waals surface area contributed by atoms with E-state index in [1.54, 1.807) is 45.2 Å². The number of para-hydroxylation sites is 5. The van der Waals surface area contributed by atoms with Crippen LogP contribution in [0.4, 0.5) is 0 Å². The zero-order valence-corrected chi connectivity index (χ0v) is 73.8. The smallest absolute Gasteiger partial charge is 0.154 e. The van der Waals surface area contributed by atoms with Gasteiger partial charge in [-0.3, -0.25) is 0 Å². The van der Waals surface area contributed by atoms with Gasteiger partial charge in [-0.15, -0.1) is 37.5 Å². The molecule has 0 N–H and O–H groups in total. The Morgan fingerprint density at radius 1 is 0.271 bits per heavy atom. The molecule has 5 aromatic heterocycles. The van der Waals surface area contributed by atoms with E-state index < -0.39 is 109 Å². The molecule has 0 saturated carbocycles. The molecule has 5 atom stereocenters. The summed E-state index contributed by atoms with van der Waals surface area (Å²) >= 11 is 0. The van der Waals surface area contributed by atoms with Gasteiger partial charge in [0, 0.05) is 66.9 Å². The van der Waals surface area contributed by atoms with E-state index in [1.807, 2.05) is 241 Å². The Kier molecular flexibility index (Phi) is 14.0. The second-order valence-electron chi connectivity index (χ2n) is 36.6. The summed E-state index contributed by atoms with van der Waals surface area (Å²) in [4.78, 5) is 23.8. The molecule has 0 fully saturated rings. The molecule has 0 bridgehead atoms. The minimum atomic E-state index is -3.15. The first-order valence-corrected chi connectivity index (χ1v) is 40.5. The highest BCUT2D eigenvalue weighted by Crippen LogP contribution is 2.55. The minimum Gasteiger partial charge on any atom is -0.154 e. The van der Waals surface area contributed by atoms with E-state index in [2.05, 4.69) is 93.1 Å². The van der Waals surface area contributed by atoms with Gasteiger partial charge < -0.3 is 0 Å². The van der Waals surface area contributed by atoms with Gasteiger partial charge in [0.1, 0.15) is 35.2 Å². The van der Waals surface area contributed by atoms with Crippen molar-refractivity contribution in [1.82, 2.24) is 48.3 Å². The highest BCUT2D eigenvalue weighted by atomic mass is 15.5. The molecule has 0 amide bonds. The number of fused-ring (bicyclic) bond motifs is 15. The molecule has 614 valence electrons. The van der Waals surface area contributed by atoms with Crippen molar-refractivity contribution in [3.63, 3.8) is 0 Å². The van der Waals surface area contributed by atoms with Gasteiger partial charge in [-0.05, 0) is 270 Å². The monoisotopic (exact) mass is 1600 g/mol. The van der Waals surface area contributed by atoms with Crippen LogP contribution in [0.15, 0.2) is 164 Å². The molecule has 0 radical (unpaired) electrons. The molecular formula is C103H132N15+5. The Bertz CT molecular complexity index is 7160. The van der Waals surface area contributed by atoms with E-state index in [9.17, 15) is 0 Å². The SMILES string of the molecule is [2H]C([2H])([2H])C1(C)c2nc(-c3cc(C)cc(C)c3)[n+](C)n2-c2c(C)cccc2C1(C)C.[2H]C([2H])([2H])C1(C)c2nc(-c3ccccc3)[n+](C)n2-c2c(C)cccc2C1(C)C.[2H]C([2H])([2H])C1(C)c2nc(C)[n+](C)n2-c2c(C)cccc2C1(C)C.[2H]C([2H])([2H])C1(C)c2nc[n+](C)n2-c2c(C)cccc2C1(C([2H])([2H])[2H])C([2H])([2H])[2H].[2H]C([2H])([2H])c1cc(C)cc(-c2nc3n([n+]2C)-c2c(C)cccc2C(C)(C)C3(C)C([2H])([2H])[2H])c1. The lowest BCUT2D eigenvalue weighted by Gasteiger charge is -2.44. The van der Waals surface area contributed by atoms with Crippen molar-refractivity contribution < 1.29 is 56.3 Å². The van der Waals surface area contributed by atoms with Crippen LogP contribution in [-0.2, 0) is 89.4 Å². The van der Waals surface area contributed by atoms with Crippen molar-refractivity contribution in [3.05, 3.63) is 277 Å². The molecule has 5 unspecified atom stereocenters. The Labute approximate surface area is 737 Å². The molecule has 18 rings (SSSR count). The number of hydrogen-bond acceptors (Lipinski definition) is 5. The van der Waals surface area contributed by atoms with Gasteiger partial charge >= 0.3 is 29.6 Å². The average Bonchev–Trinajstić information content (AvgIpc) is 1.13. The number of aryl methyl sites for hydroxylation is 11. The Morgan fingerprint density at radius 2 is 0.551 bits per heavy atom. The summed E-state index contributed by atoms with van der Waals surface area (Å²) in [6, 6.07) is 50.5. The maximum Gasteiger partial charge on any atom is 0.351 e. The highest BCUT2D eigenvalue weighted by molar-refractivity contribution is 5.64. The molecule has 0 saturated heterocycles. The van der Waals surface area contributed by atoms with Gasteiger partial charge in [0.25, 0.3) is 29.1 Å². The van der Waals surface area contributed by atoms with Crippen molar-refractivity contribution in [2.24, 2.45) is 35.2 Å². The molecule has 0 spiro atoms. The Hall–Kier alpha value is -10.5. The van der Waals surface area contributed by atoms with E-state index in [0.29, 0.717) is 45.9 Å². The van der Waals surface area contributed by atoms with Gasteiger partial charge in [-0.25, -0.2) is 0 Å². The Balaban J connectivity index is 0.000000142. The minimum absolute atomic E-state index is 0.0350. The lowest BCUT2D eigenvalue weighted by Crippen LogP contribution is -2.51. The van der Waals surface area contributed by atoms with Gasteiger partial charge in [-0.1, -0.05) is 190 Å². The summed E-state index contributed by atoms with van der Waals surface area (Å²) in [5, 5.41) is 0. The van der Waals surface area contributed by atoms with Crippen molar-refractivity contribution in [1.29, 1.82) is 0 Å². The van der Waals surface area contributed by atoms with Gasteiger partial charge in [0.15, 0.2) is 0 Å². The van der Waals surface area contributed by atoms with Crippen LogP contribution in [0.25, 0.3) is 62.6 Å². The zero-order chi connectivity index (χ0) is 106. The van der Waals surface area contributed by atoms with Crippen LogP contribution in [-0.4, -0.2) is 48.3 Å². The largest absolute Gasteiger partial charge is 0.351 e. The van der Waals surface area contributed by atoms with Crippen LogP contribution in [0.2, 0.25) is 0 Å². The van der Waals surface area contributed by atoms with Gasteiger partial charge in [-0.2, -0.15) is 9.36 Å². The summed E-state index contributed by atoms with van der Waals surface area (Å²) in [5.41, 5.74) is 7.13. The number of rotatable bonds is 3. The molecule has 5 aliphatic heterocycles. The number of nitrogens with zero attached hydrogens (tertiary/aromatic N) is 15. The molecular weight excluding hydrogens is 1450 g/mol. The third-order valence-electron chi connectivity index (χ3n) is 27.3. The number of aromatic nitrogens is 15. The lowest BCUT2D eigenvalue weighted by molar-refractivity contribution is -0.751. The van der Waals surface area contributed by atoms with Crippen molar-refractivity contribution >= 4 is 0 Å². The third-order valence-corrected chi connectivity index (χ3v) is 27.3. The van der Waals surface area contributed by atoms with Crippen molar-refractivity contribution in [3.8, 4) is 62.6 Å². The average molecular weight is 1600 g/mol. The lowest BCUT2D eigenvalue weighted by atomic mass is 9.61. The van der Waals surface area contributed by atoms with Crippen LogP contribution in [0.1, 0.15) is 284 Å². The second-order valence-corrected chi connectivity index (χ2v) is 36.6. The summed E-state index contributed by atoms with van der Waals surface area (Å²) in [6.07, 6.45) is 1.37. The van der Waals surface area contributed by atoms with Crippen LogP contribution in [0.5, 0.6) is 0 Å². The summed E-state index contributed by atoms with van der Waals surface area (Å²) in [6.45, 7) is 21.9. The van der Waals surface area contributed by atoms with Crippen molar-refractivity contribution in [2.75, 3.05) is 0 Å². The normalized spacial score (nSPS) is 25.4. The van der Waals surface area contributed by atoms with Crippen LogP contribution >= 0.6 is 0 Å². The fourth-order valence-corrected chi connectivity index (χ4v) is 18.3. The van der Waals surface area contributed by atoms with Gasteiger partial charge in [0.2, 0.25) is 0 Å². The third kappa shape index (κ3) is 12.3. The van der Waals surface area contributed by atoms with Crippen molar-refractivity contribution in [2.45, 2.75) is 261 Å². The first kappa shape index (κ1) is 58.4. The fraction of sp³-hybridized carbons (Fsp3) is 0.437. The predicted molar refractivity (Wildman–Crippen MR) is 478 cm³/mol. The quantitative estimate of drug-likeness (QED) is 0.164. The topological polar surface area (TPSA) is 108 Å². The molecule has 0 aliphatic carbocycles. The van der Waals surface area contributed by atoms with Crippen LogP contribution < -0.4 is 23.4 Å². The van der Waals surface area contributed by atoms with E-state index in [0.717, 1.165) is 113 Å². The summed E-state index contributed by atoms with van der Waals surface area (Å²) in [5.74, 6) is 5.00. The highest BCUT2D eigenvalue weighted by Gasteiger charge is 2.58. The molecule has 15 nitrogen and oxygen atoms in total. The van der Waals surface area contributed by atoms with E-state index in [4.69, 9.17) is 47.9 Å². The zero-order valence-electron chi connectivity index (χ0n) is 97.8. The van der Waals surface area contributed by atoms with E-state index in [1.165, 1.54) is 28.7 Å². The van der Waals surface area contributed by atoms with Crippen LogP contribution in [0.3, 0.4) is 0 Å². The Morgan fingerprint density at radius 3 is 0.881 bits per heavy atom. The first-order valence-electron chi connectivity index (χ1n) is 52.5. The van der Waals surface area contributed by atoms with Gasteiger partial charge in [0.05, 0.1) is 72.2 Å². The molecule has 8 aromatic carbocycles. The number of benzene rings is 8. The van der Waals surface area contributed by atoms with E-state index in [-0.39, 0.29) is 17.0 Å².